The van der Waals surface area contributed by atoms with Gasteiger partial charge < -0.3 is 15.0 Å². The number of hydrogen-bond donors (Lipinski definition) is 2. The number of aromatic nitrogens is 5. The Labute approximate surface area is 149 Å². The number of benzene rings is 1. The molecule has 0 fully saturated rings. The first-order valence-corrected chi connectivity index (χ1v) is 8.24. The Balaban J connectivity index is 1.38. The number of para-hydroxylation sites is 1. The van der Waals surface area contributed by atoms with Crippen LogP contribution in [0.1, 0.15) is 17.2 Å². The van der Waals surface area contributed by atoms with Gasteiger partial charge in [0.1, 0.15) is 24.9 Å². The number of rotatable bonds is 5. The predicted molar refractivity (Wildman–Crippen MR) is 96.8 cm³/mol. The largest absolute Gasteiger partial charge is 0.364 e. The molecule has 0 unspecified atom stereocenters. The first-order valence-electron chi connectivity index (χ1n) is 8.24. The van der Waals surface area contributed by atoms with E-state index in [2.05, 4.69) is 25.4 Å². The lowest BCUT2D eigenvalue weighted by Gasteiger charge is -2.06. The van der Waals surface area contributed by atoms with Gasteiger partial charge in [-0.2, -0.15) is 5.10 Å². The molecule has 1 aromatic carbocycles. The standard InChI is InChI=1S/C18H18N6O2/c1-11-5-3-6-13-17(11)22-15(20-13)9-26-10-16(25)21-14-7-4-8-24-18(14)19-12(2)23-24/h3-8H,9-10H2,1-2H3,(H,20,22)(H,21,25). The van der Waals surface area contributed by atoms with Crippen molar-refractivity contribution < 1.29 is 9.53 Å². The van der Waals surface area contributed by atoms with Crippen molar-refractivity contribution >= 4 is 28.3 Å². The Morgan fingerprint density at radius 3 is 2.96 bits per heavy atom. The summed E-state index contributed by atoms with van der Waals surface area (Å²) in [5.74, 6) is 1.08. The van der Waals surface area contributed by atoms with Gasteiger partial charge in [-0.3, -0.25) is 4.79 Å². The molecular formula is C18H18N6O2. The van der Waals surface area contributed by atoms with Crippen LogP contribution >= 0.6 is 0 Å². The molecule has 3 aromatic heterocycles. The predicted octanol–water partition coefficient (Wildman–Crippen LogP) is 2.38. The molecule has 26 heavy (non-hydrogen) atoms. The van der Waals surface area contributed by atoms with Gasteiger partial charge in [0.15, 0.2) is 5.65 Å². The van der Waals surface area contributed by atoms with Crippen LogP contribution in [0, 0.1) is 13.8 Å². The van der Waals surface area contributed by atoms with Gasteiger partial charge >= 0.3 is 0 Å². The number of nitrogens with one attached hydrogen (secondary N) is 2. The van der Waals surface area contributed by atoms with Gasteiger partial charge in [-0.15, -0.1) is 0 Å². The summed E-state index contributed by atoms with van der Waals surface area (Å²) in [6, 6.07) is 9.53. The first kappa shape index (κ1) is 16.2. The average Bonchev–Trinajstić information content (AvgIpc) is 3.19. The molecule has 4 rings (SSSR count). The van der Waals surface area contributed by atoms with E-state index in [9.17, 15) is 4.79 Å². The second kappa shape index (κ2) is 6.57. The molecule has 0 aliphatic heterocycles. The number of nitrogens with zero attached hydrogens (tertiary/aromatic N) is 4. The third kappa shape index (κ3) is 3.14. The van der Waals surface area contributed by atoms with E-state index in [4.69, 9.17) is 4.74 Å². The van der Waals surface area contributed by atoms with Gasteiger partial charge in [0, 0.05) is 6.20 Å². The maximum absolute atomic E-state index is 12.2. The number of carbonyl (C=O) groups is 1. The summed E-state index contributed by atoms with van der Waals surface area (Å²) in [4.78, 5) is 24.2. The van der Waals surface area contributed by atoms with Gasteiger partial charge in [-0.1, -0.05) is 12.1 Å². The number of aromatic amines is 1. The molecule has 132 valence electrons. The van der Waals surface area contributed by atoms with Crippen molar-refractivity contribution in [1.82, 2.24) is 24.6 Å². The number of H-pyrrole nitrogens is 1. The van der Waals surface area contributed by atoms with Gasteiger partial charge in [-0.05, 0) is 37.6 Å². The van der Waals surface area contributed by atoms with Gasteiger partial charge in [0.05, 0.1) is 16.7 Å². The highest BCUT2D eigenvalue weighted by atomic mass is 16.5. The molecule has 0 spiro atoms. The zero-order chi connectivity index (χ0) is 18.1. The Morgan fingerprint density at radius 2 is 2.12 bits per heavy atom. The van der Waals surface area contributed by atoms with Crippen molar-refractivity contribution in [2.45, 2.75) is 20.5 Å². The molecule has 1 amide bonds. The van der Waals surface area contributed by atoms with Gasteiger partial charge in [0.25, 0.3) is 0 Å². The van der Waals surface area contributed by atoms with Crippen LogP contribution in [-0.2, 0) is 16.1 Å². The highest BCUT2D eigenvalue weighted by Crippen LogP contribution is 2.16. The van der Waals surface area contributed by atoms with Crippen LogP contribution in [0.15, 0.2) is 36.5 Å². The molecule has 4 aromatic rings. The lowest BCUT2D eigenvalue weighted by Crippen LogP contribution is -2.19. The fourth-order valence-electron chi connectivity index (χ4n) is 2.83. The second-order valence-corrected chi connectivity index (χ2v) is 6.04. The molecule has 3 heterocycles. The monoisotopic (exact) mass is 350 g/mol. The smallest absolute Gasteiger partial charge is 0.250 e. The maximum atomic E-state index is 12.2. The molecule has 0 atom stereocenters. The minimum atomic E-state index is -0.258. The number of hydrogen-bond acceptors (Lipinski definition) is 5. The van der Waals surface area contributed by atoms with Crippen LogP contribution < -0.4 is 5.32 Å². The maximum Gasteiger partial charge on any atom is 0.250 e. The number of ether oxygens (including phenoxy) is 1. The molecule has 2 N–H and O–H groups in total. The van der Waals surface area contributed by atoms with E-state index >= 15 is 0 Å². The third-order valence-electron chi connectivity index (χ3n) is 3.98. The lowest BCUT2D eigenvalue weighted by molar-refractivity contribution is -0.121. The van der Waals surface area contributed by atoms with Crippen molar-refractivity contribution in [1.29, 1.82) is 0 Å². The van der Waals surface area contributed by atoms with E-state index in [-0.39, 0.29) is 19.1 Å². The quantitative estimate of drug-likeness (QED) is 0.576. The van der Waals surface area contributed by atoms with Crippen molar-refractivity contribution in [2.24, 2.45) is 0 Å². The highest BCUT2D eigenvalue weighted by Gasteiger charge is 2.10. The van der Waals surface area contributed by atoms with Crippen molar-refractivity contribution in [2.75, 3.05) is 11.9 Å². The van der Waals surface area contributed by atoms with Crippen molar-refractivity contribution in [3.63, 3.8) is 0 Å². The number of pyridine rings is 1. The highest BCUT2D eigenvalue weighted by molar-refractivity contribution is 5.95. The molecule has 0 radical (unpaired) electrons. The summed E-state index contributed by atoms with van der Waals surface area (Å²) in [6.07, 6.45) is 1.78. The SMILES string of the molecule is Cc1nc2c(NC(=O)COCc3nc4c(C)cccc4[nH]3)cccn2n1. The number of anilines is 1. The molecule has 0 aliphatic carbocycles. The normalized spacial score (nSPS) is 11.3. The van der Waals surface area contributed by atoms with Crippen LogP contribution in [0.4, 0.5) is 5.69 Å². The fraction of sp³-hybridized carbons (Fsp3) is 0.222. The summed E-state index contributed by atoms with van der Waals surface area (Å²) in [6.45, 7) is 3.96. The van der Waals surface area contributed by atoms with Gasteiger partial charge in [0.2, 0.25) is 5.91 Å². The number of imidazole rings is 1. The van der Waals surface area contributed by atoms with Crippen molar-refractivity contribution in [3.05, 3.63) is 53.7 Å². The van der Waals surface area contributed by atoms with Crippen LogP contribution in [0.2, 0.25) is 0 Å². The Kier molecular flexibility index (Phi) is 4.10. The zero-order valence-corrected chi connectivity index (χ0v) is 14.5. The summed E-state index contributed by atoms with van der Waals surface area (Å²) >= 11 is 0. The van der Waals surface area contributed by atoms with Crippen molar-refractivity contribution in [3.8, 4) is 0 Å². The fourth-order valence-corrected chi connectivity index (χ4v) is 2.83. The number of carbonyl (C=O) groups excluding carboxylic acids is 1. The van der Waals surface area contributed by atoms with Crippen LogP contribution in [0.3, 0.4) is 0 Å². The average molecular weight is 350 g/mol. The van der Waals surface area contributed by atoms with E-state index in [1.165, 1.54) is 0 Å². The molecular weight excluding hydrogens is 332 g/mol. The minimum absolute atomic E-state index is 0.0792. The molecule has 0 saturated heterocycles. The van der Waals surface area contributed by atoms with Crippen LogP contribution in [0.25, 0.3) is 16.7 Å². The van der Waals surface area contributed by atoms with E-state index < -0.39 is 0 Å². The minimum Gasteiger partial charge on any atom is -0.364 e. The van der Waals surface area contributed by atoms with E-state index in [1.807, 2.05) is 25.1 Å². The third-order valence-corrected chi connectivity index (χ3v) is 3.98. The summed E-state index contributed by atoms with van der Waals surface area (Å²) in [7, 11) is 0. The molecule has 8 heteroatoms. The number of aryl methyl sites for hydroxylation is 2. The van der Waals surface area contributed by atoms with E-state index in [0.717, 1.165) is 16.6 Å². The Bertz CT molecular complexity index is 1100. The van der Waals surface area contributed by atoms with Gasteiger partial charge in [-0.25, -0.2) is 14.5 Å². The molecule has 0 bridgehead atoms. The zero-order valence-electron chi connectivity index (χ0n) is 14.5. The van der Waals surface area contributed by atoms with E-state index in [1.54, 1.807) is 29.8 Å². The topological polar surface area (TPSA) is 97.2 Å². The lowest BCUT2D eigenvalue weighted by atomic mass is 10.2. The Hall–Kier alpha value is -3.26. The molecule has 0 saturated carbocycles. The second-order valence-electron chi connectivity index (χ2n) is 6.04. The van der Waals surface area contributed by atoms with Crippen LogP contribution in [0.5, 0.6) is 0 Å². The summed E-state index contributed by atoms with van der Waals surface area (Å²) in [5.41, 5.74) is 4.18. The van der Waals surface area contributed by atoms with Crippen LogP contribution in [-0.4, -0.2) is 37.1 Å². The summed E-state index contributed by atoms with van der Waals surface area (Å²) in [5, 5.41) is 7.02. The molecule has 0 aliphatic rings. The summed E-state index contributed by atoms with van der Waals surface area (Å²) < 4.78 is 7.12. The number of fused-ring (bicyclic) bond motifs is 2. The van der Waals surface area contributed by atoms with E-state index in [0.29, 0.717) is 23.0 Å². The molecule has 8 nitrogen and oxygen atoms in total. The first-order chi connectivity index (χ1) is 12.6. The Morgan fingerprint density at radius 1 is 1.23 bits per heavy atom. The number of amides is 1.